The molecule has 3 heteroatoms. The number of thioether (sulfide) groups is 1. The van der Waals surface area contributed by atoms with Crippen molar-refractivity contribution in [3.63, 3.8) is 0 Å². The Kier molecular flexibility index (Phi) is 4.24. The maximum Gasteiger partial charge on any atom is 0.161 e. The topological polar surface area (TPSA) is 0 Å². The molecule has 2 aromatic rings. The lowest BCUT2D eigenvalue weighted by Gasteiger charge is -2.01. The highest BCUT2D eigenvalue weighted by Crippen LogP contribution is 2.33. The standard InChI is InChI=1S/C14H10ClFS/c15-12-8-4-5-9-13(12)17-14(16)10-11-6-2-1-3-7-11/h1-10H. The van der Waals surface area contributed by atoms with Crippen LogP contribution in [0.1, 0.15) is 5.56 Å². The van der Waals surface area contributed by atoms with Crippen molar-refractivity contribution in [2.45, 2.75) is 4.90 Å². The molecular weight excluding hydrogens is 255 g/mol. The Balaban J connectivity index is 2.15. The monoisotopic (exact) mass is 264 g/mol. The highest BCUT2D eigenvalue weighted by Gasteiger charge is 2.03. The highest BCUT2D eigenvalue weighted by molar-refractivity contribution is 8.03. The maximum absolute atomic E-state index is 13.7. The molecular formula is C14H10ClFS. The number of hydrogen-bond donors (Lipinski definition) is 0. The SMILES string of the molecule is FC(=Cc1ccccc1)Sc1ccccc1Cl. The third-order valence-corrected chi connectivity index (χ3v) is 3.45. The van der Waals surface area contributed by atoms with Crippen LogP contribution in [-0.2, 0) is 0 Å². The van der Waals surface area contributed by atoms with Gasteiger partial charge in [-0.1, -0.05) is 65.8 Å². The quantitative estimate of drug-likeness (QED) is 0.669. The molecule has 0 aliphatic heterocycles. The van der Waals surface area contributed by atoms with E-state index >= 15 is 0 Å². The molecule has 0 saturated carbocycles. The van der Waals surface area contributed by atoms with Gasteiger partial charge in [0.1, 0.15) is 0 Å². The molecule has 0 aliphatic rings. The van der Waals surface area contributed by atoms with Crippen molar-refractivity contribution >= 4 is 29.4 Å². The molecule has 0 atom stereocenters. The Hall–Kier alpha value is -1.25. The summed E-state index contributed by atoms with van der Waals surface area (Å²) in [6, 6.07) is 16.6. The summed E-state index contributed by atoms with van der Waals surface area (Å²) in [6.45, 7) is 0. The molecule has 0 aliphatic carbocycles. The number of benzene rings is 2. The second kappa shape index (κ2) is 5.89. The van der Waals surface area contributed by atoms with Crippen molar-refractivity contribution in [2.24, 2.45) is 0 Å². The summed E-state index contributed by atoms with van der Waals surface area (Å²) in [6.07, 6.45) is 1.49. The zero-order valence-corrected chi connectivity index (χ0v) is 10.5. The lowest BCUT2D eigenvalue weighted by Crippen LogP contribution is -1.74. The lowest BCUT2D eigenvalue weighted by atomic mass is 10.2. The zero-order valence-electron chi connectivity index (χ0n) is 8.94. The van der Waals surface area contributed by atoms with Gasteiger partial charge < -0.3 is 0 Å². The van der Waals surface area contributed by atoms with E-state index in [0.29, 0.717) is 5.02 Å². The fourth-order valence-corrected chi connectivity index (χ4v) is 2.31. The van der Waals surface area contributed by atoms with E-state index in [1.54, 1.807) is 12.1 Å². The van der Waals surface area contributed by atoms with Crippen LogP contribution in [0.15, 0.2) is 64.7 Å². The highest BCUT2D eigenvalue weighted by atomic mass is 35.5. The van der Waals surface area contributed by atoms with Crippen LogP contribution in [0.5, 0.6) is 0 Å². The number of halogens is 2. The van der Waals surface area contributed by atoms with Gasteiger partial charge in [0.15, 0.2) is 5.16 Å². The Morgan fingerprint density at radius 1 is 1.00 bits per heavy atom. The van der Waals surface area contributed by atoms with Crippen molar-refractivity contribution in [3.8, 4) is 0 Å². The number of rotatable bonds is 3. The summed E-state index contributed by atoms with van der Waals surface area (Å²) < 4.78 is 13.7. The Morgan fingerprint density at radius 3 is 2.35 bits per heavy atom. The second-order valence-corrected chi connectivity index (χ2v) is 4.83. The molecule has 0 nitrogen and oxygen atoms in total. The minimum Gasteiger partial charge on any atom is -0.199 e. The average Bonchev–Trinajstić information content (AvgIpc) is 2.33. The molecule has 0 fully saturated rings. The smallest absolute Gasteiger partial charge is 0.161 e. The minimum absolute atomic E-state index is 0.274. The van der Waals surface area contributed by atoms with Gasteiger partial charge in [-0.25, -0.2) is 0 Å². The number of hydrogen-bond acceptors (Lipinski definition) is 1. The van der Waals surface area contributed by atoms with E-state index in [1.807, 2.05) is 42.5 Å². The molecule has 17 heavy (non-hydrogen) atoms. The first-order valence-corrected chi connectivity index (χ1v) is 6.30. The van der Waals surface area contributed by atoms with Gasteiger partial charge in [-0.05, 0) is 23.8 Å². The molecule has 0 amide bonds. The minimum atomic E-state index is -0.274. The molecule has 0 spiro atoms. The van der Waals surface area contributed by atoms with Gasteiger partial charge in [-0.3, -0.25) is 0 Å². The molecule has 0 aromatic heterocycles. The summed E-state index contributed by atoms with van der Waals surface area (Å²) in [4.78, 5) is 0.721. The summed E-state index contributed by atoms with van der Waals surface area (Å²) >= 11 is 6.98. The second-order valence-electron chi connectivity index (χ2n) is 3.39. The first-order chi connectivity index (χ1) is 8.25. The summed E-state index contributed by atoms with van der Waals surface area (Å²) in [5.74, 6) is 0. The molecule has 86 valence electrons. The van der Waals surface area contributed by atoms with Crippen molar-refractivity contribution in [1.82, 2.24) is 0 Å². The van der Waals surface area contributed by atoms with E-state index in [4.69, 9.17) is 11.6 Å². The van der Waals surface area contributed by atoms with Gasteiger partial charge >= 0.3 is 0 Å². The van der Waals surface area contributed by atoms with Gasteiger partial charge in [0, 0.05) is 4.90 Å². The Labute approximate surface area is 109 Å². The summed E-state index contributed by atoms with van der Waals surface area (Å²) in [5, 5.41) is 0.290. The first kappa shape index (κ1) is 12.2. The van der Waals surface area contributed by atoms with Crippen molar-refractivity contribution in [1.29, 1.82) is 0 Å². The van der Waals surface area contributed by atoms with E-state index < -0.39 is 0 Å². The van der Waals surface area contributed by atoms with Gasteiger partial charge in [0.2, 0.25) is 0 Å². The van der Waals surface area contributed by atoms with Crippen LogP contribution < -0.4 is 0 Å². The van der Waals surface area contributed by atoms with Crippen LogP contribution in [-0.4, -0.2) is 0 Å². The fourth-order valence-electron chi connectivity index (χ4n) is 1.34. The molecule has 0 radical (unpaired) electrons. The van der Waals surface area contributed by atoms with Crippen LogP contribution >= 0.6 is 23.4 Å². The molecule has 2 aromatic carbocycles. The van der Waals surface area contributed by atoms with E-state index in [2.05, 4.69) is 0 Å². The van der Waals surface area contributed by atoms with Crippen LogP contribution in [0, 0.1) is 0 Å². The summed E-state index contributed by atoms with van der Waals surface area (Å²) in [7, 11) is 0. The normalized spacial score (nSPS) is 11.5. The average molecular weight is 265 g/mol. The maximum atomic E-state index is 13.7. The molecule has 0 unspecified atom stereocenters. The first-order valence-electron chi connectivity index (χ1n) is 5.10. The predicted octanol–water partition coefficient (Wildman–Crippen LogP) is 5.40. The Bertz CT molecular complexity index is 523. The fraction of sp³-hybridized carbons (Fsp3) is 0. The lowest BCUT2D eigenvalue weighted by molar-refractivity contribution is 0.706. The largest absolute Gasteiger partial charge is 0.199 e. The van der Waals surface area contributed by atoms with Crippen molar-refractivity contribution in [3.05, 3.63) is 70.3 Å². The van der Waals surface area contributed by atoms with E-state index in [-0.39, 0.29) is 5.16 Å². The molecule has 0 N–H and O–H groups in total. The van der Waals surface area contributed by atoms with Gasteiger partial charge in [0.05, 0.1) is 5.02 Å². The van der Waals surface area contributed by atoms with Crippen LogP contribution in [0.3, 0.4) is 0 Å². The van der Waals surface area contributed by atoms with Crippen LogP contribution in [0.2, 0.25) is 5.02 Å². The van der Waals surface area contributed by atoms with E-state index in [0.717, 1.165) is 22.2 Å². The van der Waals surface area contributed by atoms with Crippen LogP contribution in [0.25, 0.3) is 6.08 Å². The van der Waals surface area contributed by atoms with Gasteiger partial charge in [-0.15, -0.1) is 0 Å². The van der Waals surface area contributed by atoms with Crippen molar-refractivity contribution in [2.75, 3.05) is 0 Å². The third kappa shape index (κ3) is 3.62. The third-order valence-electron chi connectivity index (χ3n) is 2.12. The van der Waals surface area contributed by atoms with Crippen LogP contribution in [0.4, 0.5) is 4.39 Å². The zero-order chi connectivity index (χ0) is 12.1. The van der Waals surface area contributed by atoms with E-state index in [9.17, 15) is 4.39 Å². The predicted molar refractivity (Wildman–Crippen MR) is 72.8 cm³/mol. The van der Waals surface area contributed by atoms with Gasteiger partial charge in [0.25, 0.3) is 0 Å². The molecule has 0 bridgehead atoms. The molecule has 0 saturated heterocycles. The van der Waals surface area contributed by atoms with Crippen molar-refractivity contribution < 1.29 is 4.39 Å². The molecule has 0 heterocycles. The Morgan fingerprint density at radius 2 is 1.65 bits per heavy atom. The summed E-state index contributed by atoms with van der Waals surface area (Å²) in [5.41, 5.74) is 0.838. The van der Waals surface area contributed by atoms with Gasteiger partial charge in [-0.2, -0.15) is 4.39 Å². The molecule has 2 rings (SSSR count). The van der Waals surface area contributed by atoms with E-state index in [1.165, 1.54) is 6.08 Å².